The van der Waals surface area contributed by atoms with E-state index in [0.29, 0.717) is 17.4 Å². The summed E-state index contributed by atoms with van der Waals surface area (Å²) in [6, 6.07) is 12.9. The molecule has 4 atom stereocenters. The van der Waals surface area contributed by atoms with Gasteiger partial charge < -0.3 is 15.3 Å². The lowest BCUT2D eigenvalue weighted by molar-refractivity contribution is -0.131. The third kappa shape index (κ3) is 4.03. The van der Waals surface area contributed by atoms with E-state index in [2.05, 4.69) is 56.8 Å². The van der Waals surface area contributed by atoms with Crippen molar-refractivity contribution in [2.45, 2.75) is 26.0 Å². The van der Waals surface area contributed by atoms with Gasteiger partial charge in [-0.1, -0.05) is 26.0 Å². The fraction of sp³-hybridized carbons (Fsp3) is 0.357. The molecular weight excluding hydrogens is 466 g/mol. The van der Waals surface area contributed by atoms with Gasteiger partial charge in [0.2, 0.25) is 5.91 Å². The quantitative estimate of drug-likeness (QED) is 0.426. The molecule has 1 amide bonds. The van der Waals surface area contributed by atoms with Crippen molar-refractivity contribution in [2.24, 2.45) is 24.8 Å². The van der Waals surface area contributed by atoms with Gasteiger partial charge in [-0.05, 0) is 29.7 Å². The van der Waals surface area contributed by atoms with E-state index in [4.69, 9.17) is 0 Å². The Morgan fingerprint density at radius 1 is 1.08 bits per heavy atom. The first-order valence-electron chi connectivity index (χ1n) is 12.6. The van der Waals surface area contributed by atoms with Gasteiger partial charge >= 0.3 is 0 Å². The number of aryl methyl sites for hydroxylation is 1. The Balaban J connectivity index is 1.22. The van der Waals surface area contributed by atoms with E-state index < -0.39 is 6.10 Å². The van der Waals surface area contributed by atoms with Crippen LogP contribution < -0.4 is 10.2 Å². The molecular formula is C28H29N7O2. The van der Waals surface area contributed by atoms with Crippen LogP contribution in [0.5, 0.6) is 0 Å². The van der Waals surface area contributed by atoms with Crippen molar-refractivity contribution in [3.63, 3.8) is 0 Å². The monoisotopic (exact) mass is 495 g/mol. The number of pyridine rings is 1. The fourth-order valence-electron chi connectivity index (χ4n) is 5.51. The number of nitrogens with zero attached hydrogens (tertiary/aromatic N) is 6. The molecule has 3 aromatic heterocycles. The second kappa shape index (κ2) is 8.75. The van der Waals surface area contributed by atoms with Crippen molar-refractivity contribution in [1.29, 1.82) is 5.26 Å². The Morgan fingerprint density at radius 2 is 1.81 bits per heavy atom. The molecule has 1 saturated heterocycles. The van der Waals surface area contributed by atoms with Gasteiger partial charge in [0.25, 0.3) is 0 Å². The summed E-state index contributed by atoms with van der Waals surface area (Å²) in [7, 11) is 1.89. The molecule has 1 saturated carbocycles. The first kappa shape index (κ1) is 23.3. The first-order valence-corrected chi connectivity index (χ1v) is 12.6. The zero-order valence-corrected chi connectivity index (χ0v) is 21.0. The van der Waals surface area contributed by atoms with Crippen LogP contribution in [0.25, 0.3) is 27.8 Å². The summed E-state index contributed by atoms with van der Waals surface area (Å²) in [5.74, 6) is 0.487. The molecule has 1 aliphatic carbocycles. The number of carbonyl (C=O) groups is 1. The van der Waals surface area contributed by atoms with Crippen LogP contribution in [0.3, 0.4) is 0 Å². The predicted octanol–water partition coefficient (Wildman–Crippen LogP) is 2.84. The number of aliphatic hydroxyl groups excluding tert-OH is 1. The molecule has 9 nitrogen and oxygen atoms in total. The molecule has 3 unspecified atom stereocenters. The maximum atomic E-state index is 12.2. The maximum absolute atomic E-state index is 12.2. The molecule has 2 fully saturated rings. The van der Waals surface area contributed by atoms with E-state index >= 15 is 0 Å². The number of benzene rings is 1. The number of rotatable bonds is 6. The third-order valence-electron chi connectivity index (χ3n) is 7.72. The molecule has 0 bridgehead atoms. The van der Waals surface area contributed by atoms with Crippen LogP contribution in [0.1, 0.15) is 19.4 Å². The van der Waals surface area contributed by atoms with Gasteiger partial charge in [-0.15, -0.1) is 0 Å². The smallest absolute Gasteiger partial charge is 0.249 e. The van der Waals surface area contributed by atoms with Crippen LogP contribution in [0.15, 0.2) is 55.1 Å². The summed E-state index contributed by atoms with van der Waals surface area (Å²) in [5, 5.41) is 31.4. The van der Waals surface area contributed by atoms with E-state index in [1.807, 2.05) is 39.5 Å². The van der Waals surface area contributed by atoms with Gasteiger partial charge in [0.05, 0.1) is 23.5 Å². The molecule has 37 heavy (non-hydrogen) atoms. The molecule has 9 heteroatoms. The van der Waals surface area contributed by atoms with Crippen LogP contribution in [0, 0.1) is 29.1 Å². The number of carbonyl (C=O) groups excluding carboxylic acids is 1. The van der Waals surface area contributed by atoms with E-state index in [0.717, 1.165) is 46.5 Å². The highest BCUT2D eigenvalue weighted by atomic mass is 16.3. The van der Waals surface area contributed by atoms with Crippen LogP contribution >= 0.6 is 0 Å². The van der Waals surface area contributed by atoms with Gasteiger partial charge in [-0.3, -0.25) is 9.48 Å². The molecule has 2 aliphatic rings. The van der Waals surface area contributed by atoms with Crippen LogP contribution in [-0.4, -0.2) is 55.6 Å². The minimum Gasteiger partial charge on any atom is -0.383 e. The second-order valence-electron chi connectivity index (χ2n) is 10.5. The highest BCUT2D eigenvalue weighted by molar-refractivity contribution is 5.88. The lowest BCUT2D eigenvalue weighted by atomic mass is 10.00. The van der Waals surface area contributed by atoms with E-state index in [1.54, 1.807) is 15.4 Å². The van der Waals surface area contributed by atoms with Gasteiger partial charge in [-0.2, -0.15) is 15.5 Å². The second-order valence-corrected chi connectivity index (χ2v) is 10.5. The van der Waals surface area contributed by atoms with E-state index in [9.17, 15) is 15.2 Å². The van der Waals surface area contributed by atoms with E-state index in [-0.39, 0.29) is 17.9 Å². The predicted molar refractivity (Wildman–Crippen MR) is 140 cm³/mol. The Labute approximate surface area is 214 Å². The van der Waals surface area contributed by atoms with Gasteiger partial charge in [0.15, 0.2) is 0 Å². The minimum absolute atomic E-state index is 0.0910. The Hall–Kier alpha value is -4.16. The van der Waals surface area contributed by atoms with Crippen molar-refractivity contribution in [1.82, 2.24) is 24.7 Å². The van der Waals surface area contributed by atoms with Gasteiger partial charge in [0, 0.05) is 72.8 Å². The molecule has 0 radical (unpaired) electrons. The summed E-state index contributed by atoms with van der Waals surface area (Å²) in [4.78, 5) is 14.6. The summed E-state index contributed by atoms with van der Waals surface area (Å²) >= 11 is 0. The van der Waals surface area contributed by atoms with Crippen LogP contribution in [-0.2, 0) is 11.8 Å². The highest BCUT2D eigenvalue weighted by Crippen LogP contribution is 2.47. The molecule has 4 aromatic rings. The molecule has 1 aromatic carbocycles. The standard InChI is InChI=1S/C28H29N7O2/c1-16(2)27(36)28(37)32-25-23-14-34(15-24(23)25)21-6-4-17(5-7-21)22-8-18(20-11-30-33(3)12-20)13-35-26(22)19(9-29)10-31-35/h4-8,10-13,16,23-25,27,36H,14-15H2,1-3H3,(H,32,37)/t23-,24?,25?,27?/m0/s1. The minimum atomic E-state index is -0.953. The van der Waals surface area contributed by atoms with Crippen molar-refractivity contribution in [2.75, 3.05) is 18.0 Å². The number of aliphatic hydroxyl groups is 1. The number of nitriles is 1. The SMILES string of the molecule is CC(C)C(O)C(=O)NC1C2CN(c3ccc(-c4cc(-c5cnn(C)c5)cn5ncc(C#N)c45)cc3)C[C@@H]21. The van der Waals surface area contributed by atoms with Crippen LogP contribution in [0.2, 0.25) is 0 Å². The van der Waals surface area contributed by atoms with Crippen molar-refractivity contribution < 1.29 is 9.90 Å². The van der Waals surface area contributed by atoms with Crippen LogP contribution in [0.4, 0.5) is 5.69 Å². The van der Waals surface area contributed by atoms with Gasteiger partial charge in [-0.25, -0.2) is 4.52 Å². The van der Waals surface area contributed by atoms with Crippen molar-refractivity contribution in [3.8, 4) is 28.3 Å². The zero-order valence-electron chi connectivity index (χ0n) is 21.0. The lowest BCUT2D eigenvalue weighted by Crippen LogP contribution is -2.42. The molecule has 0 spiro atoms. The Bertz CT molecular complexity index is 1520. The Morgan fingerprint density at radius 3 is 2.43 bits per heavy atom. The molecule has 6 rings (SSSR count). The summed E-state index contributed by atoms with van der Waals surface area (Å²) in [6.07, 6.45) is 6.36. The maximum Gasteiger partial charge on any atom is 0.249 e. The normalized spacial score (nSPS) is 21.2. The number of hydrogen-bond donors (Lipinski definition) is 2. The average molecular weight is 496 g/mol. The summed E-state index contributed by atoms with van der Waals surface area (Å²) in [6.45, 7) is 5.46. The average Bonchev–Trinajstić information content (AvgIpc) is 3.36. The van der Waals surface area contributed by atoms with Crippen molar-refractivity contribution >= 4 is 17.1 Å². The number of piperidine rings is 1. The van der Waals surface area contributed by atoms with Gasteiger partial charge in [0.1, 0.15) is 12.2 Å². The topological polar surface area (TPSA) is 111 Å². The third-order valence-corrected chi connectivity index (χ3v) is 7.72. The number of anilines is 1. The number of amides is 1. The largest absolute Gasteiger partial charge is 0.383 e. The molecule has 4 heterocycles. The van der Waals surface area contributed by atoms with Crippen molar-refractivity contribution in [3.05, 3.63) is 60.7 Å². The number of aromatic nitrogens is 4. The number of fused-ring (bicyclic) bond motifs is 2. The molecule has 188 valence electrons. The molecule has 1 aliphatic heterocycles. The first-order chi connectivity index (χ1) is 17.8. The number of hydrogen-bond acceptors (Lipinski definition) is 6. The fourth-order valence-corrected chi connectivity index (χ4v) is 5.51. The summed E-state index contributed by atoms with van der Waals surface area (Å²) in [5.41, 5.74) is 6.36. The zero-order chi connectivity index (χ0) is 25.8. The van der Waals surface area contributed by atoms with E-state index in [1.165, 1.54) is 0 Å². The summed E-state index contributed by atoms with van der Waals surface area (Å²) < 4.78 is 3.53. The highest BCUT2D eigenvalue weighted by Gasteiger charge is 2.56. The number of nitrogens with one attached hydrogen (secondary N) is 1. The Kier molecular flexibility index (Phi) is 5.50. The molecule has 2 N–H and O–H groups in total. The lowest BCUT2D eigenvalue weighted by Gasteiger charge is -2.23.